The minimum absolute atomic E-state index is 0.00361. The van der Waals surface area contributed by atoms with Gasteiger partial charge in [0, 0.05) is 30.0 Å². The number of fused-ring (bicyclic) bond motifs is 2. The molecule has 0 radical (unpaired) electrons. The molecule has 2 amide bonds. The van der Waals surface area contributed by atoms with Gasteiger partial charge in [-0.15, -0.1) is 0 Å². The fourth-order valence-electron chi connectivity index (χ4n) is 3.35. The summed E-state index contributed by atoms with van der Waals surface area (Å²) in [6.45, 7) is 0.818. The van der Waals surface area contributed by atoms with E-state index in [-0.39, 0.29) is 47.4 Å². The summed E-state index contributed by atoms with van der Waals surface area (Å²) in [6, 6.07) is 0.888. The minimum Gasteiger partial charge on any atom is -0.360 e. The molecule has 0 aliphatic carbocycles. The number of amides is 2. The van der Waals surface area contributed by atoms with Crippen LogP contribution >= 0.6 is 0 Å². The number of aromatic nitrogens is 2. The summed E-state index contributed by atoms with van der Waals surface area (Å²) in [5.41, 5.74) is -0.0472. The Bertz CT molecular complexity index is 1180. The number of H-pyrrole nitrogens is 1. The summed E-state index contributed by atoms with van der Waals surface area (Å²) in [5.74, 6) is -2.98. The molecule has 0 saturated carbocycles. The molecule has 31 heavy (non-hydrogen) atoms. The SMILES string of the molecule is C[C@@H](NC(=O)c1noc2c1CN(C(=O)c1cc3c(F)cc(F)cc3[nH]1)CC2)C(F)(F)F. The summed E-state index contributed by atoms with van der Waals surface area (Å²) in [6.07, 6.45) is -4.45. The Morgan fingerprint density at radius 1 is 1.26 bits per heavy atom. The van der Waals surface area contributed by atoms with Crippen molar-refractivity contribution >= 4 is 22.7 Å². The Morgan fingerprint density at radius 2 is 2.00 bits per heavy atom. The van der Waals surface area contributed by atoms with Gasteiger partial charge in [0.15, 0.2) is 5.69 Å². The van der Waals surface area contributed by atoms with Crippen LogP contribution in [0.4, 0.5) is 22.0 Å². The van der Waals surface area contributed by atoms with Crippen LogP contribution < -0.4 is 5.32 Å². The number of hydrogen-bond donors (Lipinski definition) is 2. The zero-order chi connectivity index (χ0) is 22.5. The molecule has 7 nitrogen and oxygen atoms in total. The van der Waals surface area contributed by atoms with E-state index >= 15 is 0 Å². The van der Waals surface area contributed by atoms with Crippen molar-refractivity contribution in [3.05, 3.63) is 52.5 Å². The second-order valence-corrected chi connectivity index (χ2v) is 7.18. The normalized spacial score (nSPS) is 15.1. The van der Waals surface area contributed by atoms with Crippen LogP contribution in [0.25, 0.3) is 10.9 Å². The van der Waals surface area contributed by atoms with E-state index in [1.165, 1.54) is 11.0 Å². The van der Waals surface area contributed by atoms with Gasteiger partial charge in [-0.25, -0.2) is 8.78 Å². The number of nitrogens with zero attached hydrogens (tertiary/aromatic N) is 2. The summed E-state index contributed by atoms with van der Waals surface area (Å²) >= 11 is 0. The van der Waals surface area contributed by atoms with E-state index in [1.54, 1.807) is 5.32 Å². The molecule has 1 atom stereocenters. The quantitative estimate of drug-likeness (QED) is 0.609. The fraction of sp³-hybridized carbons (Fsp3) is 0.316. The summed E-state index contributed by atoms with van der Waals surface area (Å²) in [7, 11) is 0. The first kappa shape index (κ1) is 20.8. The van der Waals surface area contributed by atoms with Gasteiger partial charge < -0.3 is 19.7 Å². The number of nitrogens with one attached hydrogen (secondary N) is 2. The van der Waals surface area contributed by atoms with Crippen molar-refractivity contribution in [2.75, 3.05) is 6.54 Å². The maximum Gasteiger partial charge on any atom is 0.408 e. The highest BCUT2D eigenvalue weighted by Crippen LogP contribution is 2.27. The van der Waals surface area contributed by atoms with Gasteiger partial charge in [0.1, 0.15) is 29.1 Å². The summed E-state index contributed by atoms with van der Waals surface area (Å²) in [4.78, 5) is 29.1. The molecule has 2 N–H and O–H groups in total. The molecular formula is C19H15F5N4O3. The molecule has 164 valence electrons. The van der Waals surface area contributed by atoms with Gasteiger partial charge in [0.05, 0.1) is 12.1 Å². The van der Waals surface area contributed by atoms with Crippen LogP contribution in [-0.2, 0) is 13.0 Å². The van der Waals surface area contributed by atoms with E-state index in [0.717, 1.165) is 13.0 Å². The third kappa shape index (κ3) is 3.84. The van der Waals surface area contributed by atoms with Gasteiger partial charge in [-0.05, 0) is 19.1 Å². The third-order valence-corrected chi connectivity index (χ3v) is 5.05. The molecule has 0 bridgehead atoms. The monoisotopic (exact) mass is 442 g/mol. The molecule has 1 aliphatic heterocycles. The molecule has 0 saturated heterocycles. The van der Waals surface area contributed by atoms with E-state index < -0.39 is 35.7 Å². The topological polar surface area (TPSA) is 91.2 Å². The van der Waals surface area contributed by atoms with Crippen molar-refractivity contribution in [3.8, 4) is 0 Å². The third-order valence-electron chi connectivity index (χ3n) is 5.05. The number of carbonyl (C=O) groups is 2. The van der Waals surface area contributed by atoms with Crippen LogP contribution in [0.1, 0.15) is 39.2 Å². The highest BCUT2D eigenvalue weighted by Gasteiger charge is 2.38. The second kappa shape index (κ2) is 7.36. The van der Waals surface area contributed by atoms with Gasteiger partial charge in [-0.3, -0.25) is 9.59 Å². The Hall–Kier alpha value is -3.44. The predicted molar refractivity (Wildman–Crippen MR) is 96.1 cm³/mol. The maximum absolute atomic E-state index is 13.9. The van der Waals surface area contributed by atoms with Gasteiger partial charge in [0.25, 0.3) is 11.8 Å². The summed E-state index contributed by atoms with van der Waals surface area (Å²) < 4.78 is 70.5. The first-order valence-corrected chi connectivity index (χ1v) is 9.16. The largest absolute Gasteiger partial charge is 0.408 e. The minimum atomic E-state index is -4.63. The first-order chi connectivity index (χ1) is 14.5. The number of carbonyl (C=O) groups excluding carboxylic acids is 2. The Labute approximate surface area is 171 Å². The molecular weight excluding hydrogens is 427 g/mol. The van der Waals surface area contributed by atoms with E-state index in [2.05, 4.69) is 10.1 Å². The standard InChI is InChI=1S/C19H15F5N4O3/c1-8(19(22,23)24)25-17(29)16-11-7-28(3-2-15(11)31-27-16)18(30)14-6-10-12(21)4-9(20)5-13(10)26-14/h4-6,8,26H,2-3,7H2,1H3,(H,25,29)/t8-/m1/s1. The molecule has 4 rings (SSSR count). The van der Waals surface area contributed by atoms with E-state index in [0.29, 0.717) is 11.8 Å². The zero-order valence-corrected chi connectivity index (χ0v) is 15.9. The molecule has 12 heteroatoms. The van der Waals surface area contributed by atoms with Gasteiger partial charge in [-0.2, -0.15) is 13.2 Å². The fourth-order valence-corrected chi connectivity index (χ4v) is 3.35. The van der Waals surface area contributed by atoms with Crippen LogP contribution in [0.3, 0.4) is 0 Å². The van der Waals surface area contributed by atoms with E-state index in [9.17, 15) is 31.5 Å². The number of halogens is 5. The lowest BCUT2D eigenvalue weighted by atomic mass is 10.0. The van der Waals surface area contributed by atoms with Gasteiger partial charge >= 0.3 is 6.18 Å². The highest BCUT2D eigenvalue weighted by molar-refractivity contribution is 5.99. The molecule has 0 unspecified atom stereocenters. The van der Waals surface area contributed by atoms with Crippen LogP contribution in [0.5, 0.6) is 0 Å². The zero-order valence-electron chi connectivity index (χ0n) is 15.9. The van der Waals surface area contributed by atoms with Gasteiger partial charge in [-0.1, -0.05) is 5.16 Å². The first-order valence-electron chi connectivity index (χ1n) is 9.16. The molecule has 3 heterocycles. The van der Waals surface area contributed by atoms with Crippen LogP contribution in [-0.4, -0.2) is 45.6 Å². The van der Waals surface area contributed by atoms with Crippen LogP contribution in [0, 0.1) is 11.6 Å². The van der Waals surface area contributed by atoms with E-state index in [1.807, 2.05) is 0 Å². The lowest BCUT2D eigenvalue weighted by Gasteiger charge is -2.26. The smallest absolute Gasteiger partial charge is 0.360 e. The maximum atomic E-state index is 13.9. The van der Waals surface area contributed by atoms with Crippen molar-refractivity contribution < 1.29 is 36.1 Å². The van der Waals surface area contributed by atoms with Crippen molar-refractivity contribution in [3.63, 3.8) is 0 Å². The average Bonchev–Trinajstić information content (AvgIpc) is 3.30. The highest BCUT2D eigenvalue weighted by atomic mass is 19.4. The number of rotatable bonds is 3. The Kier molecular flexibility index (Phi) is 4.94. The molecule has 1 aliphatic rings. The average molecular weight is 442 g/mol. The molecule has 0 fully saturated rings. The number of benzene rings is 1. The molecule has 2 aromatic heterocycles. The Morgan fingerprint density at radius 3 is 2.71 bits per heavy atom. The lowest BCUT2D eigenvalue weighted by molar-refractivity contribution is -0.149. The summed E-state index contributed by atoms with van der Waals surface area (Å²) in [5, 5.41) is 5.40. The van der Waals surface area contributed by atoms with Gasteiger partial charge in [0.2, 0.25) is 0 Å². The number of alkyl halides is 3. The van der Waals surface area contributed by atoms with Crippen molar-refractivity contribution in [1.29, 1.82) is 0 Å². The van der Waals surface area contributed by atoms with Crippen LogP contribution in [0.15, 0.2) is 22.7 Å². The molecule has 3 aromatic rings. The van der Waals surface area contributed by atoms with Crippen molar-refractivity contribution in [2.24, 2.45) is 0 Å². The van der Waals surface area contributed by atoms with E-state index in [4.69, 9.17) is 4.52 Å². The predicted octanol–water partition coefficient (Wildman–Crippen LogP) is 3.31. The Balaban J connectivity index is 1.56. The molecule has 0 spiro atoms. The second-order valence-electron chi connectivity index (χ2n) is 7.18. The molecule has 1 aromatic carbocycles. The van der Waals surface area contributed by atoms with Crippen molar-refractivity contribution in [1.82, 2.24) is 20.4 Å². The van der Waals surface area contributed by atoms with Crippen LogP contribution in [0.2, 0.25) is 0 Å². The number of aromatic amines is 1. The number of hydrogen-bond acceptors (Lipinski definition) is 4. The lowest BCUT2D eigenvalue weighted by Crippen LogP contribution is -2.44. The van der Waals surface area contributed by atoms with Crippen molar-refractivity contribution in [2.45, 2.75) is 32.1 Å².